The molecule has 10 heteroatoms. The lowest BCUT2D eigenvalue weighted by molar-refractivity contribution is 0.0548. The summed E-state index contributed by atoms with van der Waals surface area (Å²) in [5, 5.41) is 19.8. The fraction of sp³-hybridized carbons (Fsp3) is 0.188. The quantitative estimate of drug-likeness (QED) is 0.681. The highest BCUT2D eigenvalue weighted by Gasteiger charge is 2.35. The average Bonchev–Trinajstić information content (AvgIpc) is 3.09. The Morgan fingerprint density at radius 1 is 1.23 bits per heavy atom. The molecule has 3 heterocycles. The molecule has 1 aliphatic heterocycles. The number of pyridine rings is 1. The van der Waals surface area contributed by atoms with E-state index in [2.05, 4.69) is 15.5 Å². The van der Waals surface area contributed by atoms with Gasteiger partial charge < -0.3 is 10.4 Å². The lowest BCUT2D eigenvalue weighted by atomic mass is 10.2. The van der Waals surface area contributed by atoms with Crippen molar-refractivity contribution in [3.05, 3.63) is 54.5 Å². The molecule has 1 saturated heterocycles. The summed E-state index contributed by atoms with van der Waals surface area (Å²) in [6.07, 6.45) is 2.62. The molecule has 0 saturated carbocycles. The van der Waals surface area contributed by atoms with Crippen molar-refractivity contribution in [2.24, 2.45) is 0 Å². The number of β-amino-alcohol motifs (C(OH)–C–C–N with tert-alkyl or cyclic N) is 1. The fourth-order valence-corrected chi connectivity index (χ4v) is 4.26. The number of carbonyl (C=O) groups is 1. The Kier molecular flexibility index (Phi) is 3.94. The van der Waals surface area contributed by atoms with Crippen LogP contribution < -0.4 is 5.32 Å². The third kappa shape index (κ3) is 2.83. The zero-order chi connectivity index (χ0) is 18.3. The van der Waals surface area contributed by atoms with E-state index in [1.165, 1.54) is 34.9 Å². The van der Waals surface area contributed by atoms with Gasteiger partial charge in [-0.25, -0.2) is 8.42 Å². The summed E-state index contributed by atoms with van der Waals surface area (Å²) in [5.41, 5.74) is 1.15. The summed E-state index contributed by atoms with van der Waals surface area (Å²) in [6, 6.07) is 9.21. The maximum Gasteiger partial charge on any atom is 0.255 e. The van der Waals surface area contributed by atoms with Gasteiger partial charge in [-0.05, 0) is 30.3 Å². The number of hydrogen-bond acceptors (Lipinski definition) is 6. The van der Waals surface area contributed by atoms with E-state index in [0.29, 0.717) is 11.3 Å². The van der Waals surface area contributed by atoms with Gasteiger partial charge in [0, 0.05) is 24.8 Å². The van der Waals surface area contributed by atoms with E-state index in [0.717, 1.165) is 0 Å². The van der Waals surface area contributed by atoms with Crippen molar-refractivity contribution < 1.29 is 18.3 Å². The number of anilines is 1. The Hall–Kier alpha value is -2.82. The van der Waals surface area contributed by atoms with E-state index in [9.17, 15) is 18.3 Å². The summed E-state index contributed by atoms with van der Waals surface area (Å²) >= 11 is 0. The van der Waals surface area contributed by atoms with Crippen molar-refractivity contribution >= 4 is 27.3 Å². The summed E-state index contributed by atoms with van der Waals surface area (Å²) in [4.78, 5) is 12.6. The summed E-state index contributed by atoms with van der Waals surface area (Å²) in [7, 11) is -3.72. The molecule has 3 aromatic rings. The highest BCUT2D eigenvalue weighted by Crippen LogP contribution is 2.23. The third-order valence-electron chi connectivity index (χ3n) is 4.13. The molecule has 0 bridgehead atoms. The number of hydrogen-bond donors (Lipinski definition) is 2. The molecule has 134 valence electrons. The van der Waals surface area contributed by atoms with Gasteiger partial charge in [0.15, 0.2) is 5.65 Å². The second kappa shape index (κ2) is 6.16. The molecule has 2 N–H and O–H groups in total. The lowest BCUT2D eigenvalue weighted by Gasteiger charge is -2.34. The van der Waals surface area contributed by atoms with E-state index in [1.807, 2.05) is 0 Å². The first-order valence-electron chi connectivity index (χ1n) is 7.83. The normalized spacial score (nSPS) is 15.7. The number of nitrogens with zero attached hydrogens (tertiary/aromatic N) is 4. The van der Waals surface area contributed by atoms with Crippen molar-refractivity contribution in [3.63, 3.8) is 0 Å². The van der Waals surface area contributed by atoms with Crippen molar-refractivity contribution in [3.8, 4) is 0 Å². The number of benzene rings is 1. The van der Waals surface area contributed by atoms with Gasteiger partial charge in [0.2, 0.25) is 10.0 Å². The number of amides is 1. The van der Waals surface area contributed by atoms with Gasteiger partial charge in [-0.2, -0.15) is 4.31 Å². The van der Waals surface area contributed by atoms with E-state index < -0.39 is 22.0 Å². The van der Waals surface area contributed by atoms with Crippen LogP contribution >= 0.6 is 0 Å². The number of aliphatic hydroxyl groups is 1. The van der Waals surface area contributed by atoms with Gasteiger partial charge in [-0.15, -0.1) is 10.2 Å². The molecule has 0 atom stereocenters. The number of rotatable bonds is 4. The maximum absolute atomic E-state index is 12.5. The number of aliphatic hydroxyl groups excluding tert-OH is 1. The predicted octanol–water partition coefficient (Wildman–Crippen LogP) is 0.347. The van der Waals surface area contributed by atoms with Gasteiger partial charge in [0.05, 0.1) is 16.7 Å². The van der Waals surface area contributed by atoms with Gasteiger partial charge in [-0.3, -0.25) is 9.20 Å². The zero-order valence-electron chi connectivity index (χ0n) is 13.5. The molecule has 1 aliphatic rings. The lowest BCUT2D eigenvalue weighted by Crippen LogP contribution is -2.53. The summed E-state index contributed by atoms with van der Waals surface area (Å²) < 4.78 is 27.8. The second-order valence-corrected chi connectivity index (χ2v) is 7.88. The summed E-state index contributed by atoms with van der Waals surface area (Å²) in [5.74, 6) is -0.457. The van der Waals surface area contributed by atoms with Crippen molar-refractivity contribution in [1.82, 2.24) is 18.9 Å². The van der Waals surface area contributed by atoms with Gasteiger partial charge in [0.25, 0.3) is 5.91 Å². The average molecular weight is 373 g/mol. The first-order valence-corrected chi connectivity index (χ1v) is 9.27. The number of nitrogens with one attached hydrogen (secondary N) is 1. The smallest absolute Gasteiger partial charge is 0.255 e. The predicted molar refractivity (Wildman–Crippen MR) is 92.1 cm³/mol. The van der Waals surface area contributed by atoms with Crippen LogP contribution in [-0.2, 0) is 10.0 Å². The van der Waals surface area contributed by atoms with Crippen molar-refractivity contribution in [2.45, 2.75) is 11.0 Å². The van der Waals surface area contributed by atoms with Crippen molar-refractivity contribution in [2.75, 3.05) is 18.4 Å². The Morgan fingerprint density at radius 2 is 2.04 bits per heavy atom. The highest BCUT2D eigenvalue weighted by atomic mass is 32.2. The summed E-state index contributed by atoms with van der Waals surface area (Å²) in [6.45, 7) is 0.126. The zero-order valence-corrected chi connectivity index (χ0v) is 14.3. The van der Waals surface area contributed by atoms with Crippen LogP contribution in [0, 0.1) is 0 Å². The largest absolute Gasteiger partial charge is 0.390 e. The molecule has 1 fully saturated rings. The number of carbonyl (C=O) groups excluding carboxylic acids is 1. The van der Waals surface area contributed by atoms with Crippen LogP contribution in [0.15, 0.2) is 53.8 Å². The van der Waals surface area contributed by atoms with Crippen LogP contribution in [-0.4, -0.2) is 57.5 Å². The van der Waals surface area contributed by atoms with Crippen LogP contribution in [0.4, 0.5) is 5.69 Å². The van der Waals surface area contributed by atoms with Crippen LogP contribution in [0.3, 0.4) is 0 Å². The molecule has 4 rings (SSSR count). The number of fused-ring (bicyclic) bond motifs is 1. The molecule has 0 radical (unpaired) electrons. The molecule has 2 aromatic heterocycles. The topological polar surface area (TPSA) is 117 Å². The first kappa shape index (κ1) is 16.6. The minimum atomic E-state index is -3.72. The molecule has 26 heavy (non-hydrogen) atoms. The third-order valence-corrected chi connectivity index (χ3v) is 5.96. The van der Waals surface area contributed by atoms with Crippen LogP contribution in [0.5, 0.6) is 0 Å². The number of aromatic nitrogens is 3. The van der Waals surface area contributed by atoms with E-state index >= 15 is 0 Å². The Bertz CT molecular complexity index is 1090. The fourth-order valence-electron chi connectivity index (χ4n) is 2.70. The van der Waals surface area contributed by atoms with Crippen LogP contribution in [0.25, 0.3) is 5.65 Å². The highest BCUT2D eigenvalue weighted by molar-refractivity contribution is 7.89. The van der Waals surface area contributed by atoms with Gasteiger partial charge >= 0.3 is 0 Å². The minimum absolute atomic E-state index is 0.0118. The molecule has 0 spiro atoms. The first-order chi connectivity index (χ1) is 12.4. The van der Waals surface area contributed by atoms with Gasteiger partial charge in [-0.1, -0.05) is 6.07 Å². The Balaban J connectivity index is 1.60. The van der Waals surface area contributed by atoms with Gasteiger partial charge in [0.1, 0.15) is 6.33 Å². The number of sulfonamides is 1. The molecular weight excluding hydrogens is 358 g/mol. The van der Waals surface area contributed by atoms with Crippen molar-refractivity contribution in [1.29, 1.82) is 0 Å². The van der Waals surface area contributed by atoms with E-state index in [-0.39, 0.29) is 23.5 Å². The van der Waals surface area contributed by atoms with Crippen LogP contribution in [0.1, 0.15) is 10.4 Å². The molecule has 1 amide bonds. The Morgan fingerprint density at radius 3 is 2.81 bits per heavy atom. The standard InChI is InChI=1S/C16H15N5O4S/c22-12-8-21(9-12)26(24,25)13-4-1-3-11(7-13)16(23)18-14-5-2-6-20-10-17-19-15(14)20/h1-7,10,12,22H,8-9H2,(H,18,23). The molecule has 0 unspecified atom stereocenters. The second-order valence-electron chi connectivity index (χ2n) is 5.94. The molecule has 9 nitrogen and oxygen atoms in total. The van der Waals surface area contributed by atoms with Crippen LogP contribution in [0.2, 0.25) is 0 Å². The van der Waals surface area contributed by atoms with E-state index in [1.54, 1.807) is 22.7 Å². The molecular formula is C16H15N5O4S. The van der Waals surface area contributed by atoms with E-state index in [4.69, 9.17) is 0 Å². The Labute approximate surface area is 148 Å². The maximum atomic E-state index is 12.5. The monoisotopic (exact) mass is 373 g/mol. The minimum Gasteiger partial charge on any atom is -0.390 e. The SMILES string of the molecule is O=C(Nc1cccn2cnnc12)c1cccc(S(=O)(=O)N2CC(O)C2)c1. The molecule has 1 aromatic carbocycles. The molecule has 0 aliphatic carbocycles.